The molecule has 1 heterocycles. The van der Waals surface area contributed by atoms with Gasteiger partial charge in [0.25, 0.3) is 10.0 Å². The lowest BCUT2D eigenvalue weighted by Crippen LogP contribution is -2.42. The molecule has 1 aromatic rings. The molecule has 0 amide bonds. The molecule has 0 radical (unpaired) electrons. The molecule has 5 nitrogen and oxygen atoms in total. The van der Waals surface area contributed by atoms with Crippen molar-refractivity contribution in [1.29, 1.82) is 0 Å². The van der Waals surface area contributed by atoms with Gasteiger partial charge in [0.1, 0.15) is 5.82 Å². The first-order valence-electron chi connectivity index (χ1n) is 6.69. The molecule has 1 aliphatic carbocycles. The van der Waals surface area contributed by atoms with Crippen molar-refractivity contribution < 1.29 is 8.42 Å². The highest BCUT2D eigenvalue weighted by molar-refractivity contribution is 9.09. The van der Waals surface area contributed by atoms with Crippen molar-refractivity contribution in [3.05, 3.63) is 12.0 Å². The standard InChI is InChI=1S/C12H20BrN3O2S/c1-2-11-14-8-12(15-11)19(17,18)16-10-6-4-3-5-9(10)7-13/h8-10,16H,2-7H2,1H3,(H,14,15). The minimum atomic E-state index is -3.48. The summed E-state index contributed by atoms with van der Waals surface area (Å²) in [6.45, 7) is 1.94. The van der Waals surface area contributed by atoms with Crippen LogP contribution in [-0.2, 0) is 16.4 Å². The number of imidazole rings is 1. The first-order valence-corrected chi connectivity index (χ1v) is 9.29. The summed E-state index contributed by atoms with van der Waals surface area (Å²) in [7, 11) is -3.48. The molecule has 0 spiro atoms. The highest BCUT2D eigenvalue weighted by Gasteiger charge is 2.29. The fraction of sp³-hybridized carbons (Fsp3) is 0.750. The molecule has 0 saturated heterocycles. The number of H-pyrrole nitrogens is 1. The number of aromatic nitrogens is 2. The molecule has 2 rings (SSSR count). The van der Waals surface area contributed by atoms with E-state index < -0.39 is 10.0 Å². The van der Waals surface area contributed by atoms with Crippen molar-refractivity contribution in [2.45, 2.75) is 50.1 Å². The number of alkyl halides is 1. The van der Waals surface area contributed by atoms with Crippen molar-refractivity contribution in [3.8, 4) is 0 Å². The molecule has 1 fully saturated rings. The molecule has 19 heavy (non-hydrogen) atoms. The summed E-state index contributed by atoms with van der Waals surface area (Å²) in [6.07, 6.45) is 6.33. The third kappa shape index (κ3) is 3.58. The second-order valence-corrected chi connectivity index (χ2v) is 7.30. The molecule has 1 aromatic heterocycles. The first-order chi connectivity index (χ1) is 9.06. The summed E-state index contributed by atoms with van der Waals surface area (Å²) in [6, 6.07) is 0.0199. The molecule has 0 aromatic carbocycles. The molecule has 7 heteroatoms. The van der Waals surface area contributed by atoms with Crippen molar-refractivity contribution in [3.63, 3.8) is 0 Å². The van der Waals surface area contributed by atoms with Gasteiger partial charge in [0.15, 0.2) is 5.03 Å². The Morgan fingerprint density at radius 1 is 1.47 bits per heavy atom. The predicted molar refractivity (Wildman–Crippen MR) is 77.8 cm³/mol. The van der Waals surface area contributed by atoms with Crippen LogP contribution < -0.4 is 4.72 Å². The summed E-state index contributed by atoms with van der Waals surface area (Å²) in [5.74, 6) is 1.07. The molecule has 2 atom stereocenters. The minimum absolute atomic E-state index is 0.0199. The Bertz CT molecular complexity index is 515. The largest absolute Gasteiger partial charge is 0.332 e. The molecule has 2 unspecified atom stereocenters. The van der Waals surface area contributed by atoms with Crippen LogP contribution in [0, 0.1) is 5.92 Å². The zero-order chi connectivity index (χ0) is 13.9. The Kier molecular flexibility index (Phi) is 5.03. The van der Waals surface area contributed by atoms with Crippen LogP contribution in [0.25, 0.3) is 0 Å². The Labute approximate surface area is 122 Å². The van der Waals surface area contributed by atoms with E-state index >= 15 is 0 Å². The van der Waals surface area contributed by atoms with Crippen LogP contribution in [0.4, 0.5) is 0 Å². The fourth-order valence-corrected chi connectivity index (χ4v) is 4.52. The third-order valence-corrected chi connectivity index (χ3v) is 5.87. The summed E-state index contributed by atoms with van der Waals surface area (Å²) in [5.41, 5.74) is 0. The number of sulfonamides is 1. The van der Waals surface area contributed by atoms with E-state index in [9.17, 15) is 8.42 Å². The Morgan fingerprint density at radius 2 is 2.21 bits per heavy atom. The van der Waals surface area contributed by atoms with Gasteiger partial charge in [-0.2, -0.15) is 0 Å². The SMILES string of the molecule is CCc1ncc(S(=O)(=O)NC2CCCCC2CBr)[nH]1. The molecule has 1 aliphatic rings. The Balaban J connectivity index is 2.11. The lowest BCUT2D eigenvalue weighted by atomic mass is 9.87. The summed E-state index contributed by atoms with van der Waals surface area (Å²) in [4.78, 5) is 6.90. The summed E-state index contributed by atoms with van der Waals surface area (Å²) >= 11 is 3.48. The normalized spacial score (nSPS) is 24.5. The number of hydrogen-bond acceptors (Lipinski definition) is 3. The number of rotatable bonds is 5. The summed E-state index contributed by atoms with van der Waals surface area (Å²) < 4.78 is 27.4. The molecule has 108 valence electrons. The zero-order valence-electron chi connectivity index (χ0n) is 11.0. The number of aromatic amines is 1. The molecule has 0 aliphatic heterocycles. The predicted octanol–water partition coefficient (Wildman–Crippen LogP) is 2.20. The highest BCUT2D eigenvalue weighted by Crippen LogP contribution is 2.27. The maximum atomic E-state index is 12.3. The van der Waals surface area contributed by atoms with E-state index in [0.29, 0.717) is 18.2 Å². The monoisotopic (exact) mass is 349 g/mol. The number of hydrogen-bond donors (Lipinski definition) is 2. The third-order valence-electron chi connectivity index (χ3n) is 3.64. The molecule has 0 bridgehead atoms. The number of halogens is 1. The quantitative estimate of drug-likeness (QED) is 0.800. The lowest BCUT2D eigenvalue weighted by molar-refractivity contribution is 0.316. The molecule has 2 N–H and O–H groups in total. The first kappa shape index (κ1) is 15.0. The maximum Gasteiger partial charge on any atom is 0.257 e. The van der Waals surface area contributed by atoms with Gasteiger partial charge in [0.05, 0.1) is 6.20 Å². The lowest BCUT2D eigenvalue weighted by Gasteiger charge is -2.30. The Hall–Kier alpha value is -0.400. The van der Waals surface area contributed by atoms with Crippen molar-refractivity contribution in [2.75, 3.05) is 5.33 Å². The van der Waals surface area contributed by atoms with Gasteiger partial charge in [-0.15, -0.1) is 0 Å². The van der Waals surface area contributed by atoms with Crippen LogP contribution >= 0.6 is 15.9 Å². The van der Waals surface area contributed by atoms with Crippen molar-refractivity contribution in [2.24, 2.45) is 5.92 Å². The van der Waals surface area contributed by atoms with Gasteiger partial charge in [-0.3, -0.25) is 0 Å². The average Bonchev–Trinajstić information content (AvgIpc) is 2.88. The second-order valence-electron chi connectivity index (χ2n) is 4.97. The van der Waals surface area contributed by atoms with Gasteiger partial charge in [0, 0.05) is 17.8 Å². The van der Waals surface area contributed by atoms with Crippen molar-refractivity contribution >= 4 is 26.0 Å². The smallest absolute Gasteiger partial charge is 0.257 e. The second kappa shape index (κ2) is 6.37. The Morgan fingerprint density at radius 3 is 2.84 bits per heavy atom. The van der Waals surface area contributed by atoms with E-state index in [1.807, 2.05) is 6.92 Å². The van der Waals surface area contributed by atoms with Gasteiger partial charge in [-0.1, -0.05) is 35.7 Å². The van der Waals surface area contributed by atoms with Gasteiger partial charge < -0.3 is 4.98 Å². The molecular formula is C12H20BrN3O2S. The summed E-state index contributed by atoms with van der Waals surface area (Å²) in [5, 5.41) is 1.01. The zero-order valence-corrected chi connectivity index (χ0v) is 13.4. The van der Waals surface area contributed by atoms with Crippen LogP contribution in [0.15, 0.2) is 11.2 Å². The molecular weight excluding hydrogens is 330 g/mol. The van der Waals surface area contributed by atoms with E-state index in [4.69, 9.17) is 0 Å². The highest BCUT2D eigenvalue weighted by atomic mass is 79.9. The van der Waals surface area contributed by atoms with Crippen molar-refractivity contribution in [1.82, 2.24) is 14.7 Å². The van der Waals surface area contributed by atoms with Crippen LogP contribution in [0.2, 0.25) is 0 Å². The van der Waals surface area contributed by atoms with Crippen LogP contribution in [0.1, 0.15) is 38.4 Å². The van der Waals surface area contributed by atoms with E-state index in [1.165, 1.54) is 12.6 Å². The fourth-order valence-electron chi connectivity index (χ4n) is 2.47. The van der Waals surface area contributed by atoms with Gasteiger partial charge in [-0.25, -0.2) is 18.1 Å². The number of aryl methyl sites for hydroxylation is 1. The van der Waals surface area contributed by atoms with Gasteiger partial charge in [0.2, 0.25) is 0 Å². The van der Waals surface area contributed by atoms with E-state index in [2.05, 4.69) is 30.6 Å². The van der Waals surface area contributed by atoms with Gasteiger partial charge in [-0.05, 0) is 18.8 Å². The number of nitrogens with zero attached hydrogens (tertiary/aromatic N) is 1. The molecule has 1 saturated carbocycles. The van der Waals surface area contributed by atoms with Crippen LogP contribution in [0.3, 0.4) is 0 Å². The number of nitrogens with one attached hydrogen (secondary N) is 2. The van der Waals surface area contributed by atoms with E-state index in [-0.39, 0.29) is 11.1 Å². The van der Waals surface area contributed by atoms with E-state index in [1.54, 1.807) is 0 Å². The minimum Gasteiger partial charge on any atom is -0.332 e. The topological polar surface area (TPSA) is 74.8 Å². The van der Waals surface area contributed by atoms with Gasteiger partial charge >= 0.3 is 0 Å². The maximum absolute atomic E-state index is 12.3. The van der Waals surface area contributed by atoms with E-state index in [0.717, 1.165) is 24.6 Å². The average molecular weight is 350 g/mol. The van der Waals surface area contributed by atoms with Crippen LogP contribution in [0.5, 0.6) is 0 Å². The van der Waals surface area contributed by atoms with Crippen LogP contribution in [-0.4, -0.2) is 29.8 Å².